The van der Waals surface area contributed by atoms with E-state index in [2.05, 4.69) is 21.4 Å². The van der Waals surface area contributed by atoms with Gasteiger partial charge in [-0.1, -0.05) is 17.7 Å². The van der Waals surface area contributed by atoms with Crippen LogP contribution in [-0.4, -0.2) is 27.5 Å². The van der Waals surface area contributed by atoms with Gasteiger partial charge in [0, 0.05) is 19.2 Å². The number of nitrogens with zero attached hydrogens (tertiary/aromatic N) is 3. The van der Waals surface area contributed by atoms with Crippen LogP contribution >= 0.6 is 11.6 Å². The lowest BCUT2D eigenvalue weighted by molar-refractivity contribution is 0.209. The Morgan fingerprint density at radius 2 is 2.13 bits per heavy atom. The number of hydrogen-bond acceptors (Lipinski definition) is 3. The summed E-state index contributed by atoms with van der Waals surface area (Å²) in [7, 11) is 1.74. The molecule has 0 saturated carbocycles. The zero-order valence-corrected chi connectivity index (χ0v) is 14.1. The summed E-state index contributed by atoms with van der Waals surface area (Å²) in [5, 5.41) is 16.7. The lowest BCUT2D eigenvalue weighted by atomic mass is 10.0. The predicted octanol–water partition coefficient (Wildman–Crippen LogP) is 3.86. The van der Waals surface area contributed by atoms with E-state index in [9.17, 15) is 4.79 Å². The maximum absolute atomic E-state index is 11.0. The van der Waals surface area contributed by atoms with Gasteiger partial charge in [0.1, 0.15) is 5.82 Å². The summed E-state index contributed by atoms with van der Waals surface area (Å²) in [6.45, 7) is 4.85. The van der Waals surface area contributed by atoms with Crippen molar-refractivity contribution in [3.63, 3.8) is 0 Å². The van der Waals surface area contributed by atoms with Crippen molar-refractivity contribution in [3.8, 4) is 0 Å². The lowest BCUT2D eigenvalue weighted by Crippen LogP contribution is -2.26. The van der Waals surface area contributed by atoms with Crippen LogP contribution in [-0.2, 0) is 13.5 Å². The maximum atomic E-state index is 11.0. The highest BCUT2D eigenvalue weighted by Gasteiger charge is 2.28. The molecule has 1 amide bonds. The molecule has 0 spiro atoms. The molecule has 0 bridgehead atoms. The first-order valence-electron chi connectivity index (χ1n) is 7.48. The van der Waals surface area contributed by atoms with Crippen LogP contribution in [0.2, 0.25) is 5.02 Å². The summed E-state index contributed by atoms with van der Waals surface area (Å²) >= 11 is 6.48. The lowest BCUT2D eigenvalue weighted by Gasteiger charge is -2.30. The van der Waals surface area contributed by atoms with Gasteiger partial charge in [-0.3, -0.25) is 10.00 Å². The summed E-state index contributed by atoms with van der Waals surface area (Å²) in [5.74, 6) is 1.30. The second-order valence-electron chi connectivity index (χ2n) is 5.87. The summed E-state index contributed by atoms with van der Waals surface area (Å²) < 4.78 is 1.58. The number of fused-ring (bicyclic) bond motifs is 1. The molecule has 3 rings (SSSR count). The molecule has 1 aliphatic rings. The average Bonchev–Trinajstić information content (AvgIpc) is 2.75. The Morgan fingerprint density at radius 1 is 1.39 bits per heavy atom. The van der Waals surface area contributed by atoms with Gasteiger partial charge in [-0.15, -0.1) is 0 Å². The first-order chi connectivity index (χ1) is 10.9. The van der Waals surface area contributed by atoms with Crippen LogP contribution in [0.15, 0.2) is 12.1 Å². The number of anilines is 3. The second-order valence-corrected chi connectivity index (χ2v) is 6.28. The molecular formula is C16H19ClN4O2. The second kappa shape index (κ2) is 5.77. The molecule has 2 N–H and O–H groups in total. The third-order valence-electron chi connectivity index (χ3n) is 4.08. The number of amides is 1. The molecule has 1 aromatic carbocycles. The fourth-order valence-electron chi connectivity index (χ4n) is 3.25. The molecule has 0 fully saturated rings. The number of benzene rings is 1. The van der Waals surface area contributed by atoms with Gasteiger partial charge in [-0.2, -0.15) is 5.10 Å². The molecule has 2 aromatic rings. The van der Waals surface area contributed by atoms with E-state index in [4.69, 9.17) is 16.7 Å². The van der Waals surface area contributed by atoms with Crippen LogP contribution in [0, 0.1) is 13.8 Å². The number of rotatable bonds is 2. The monoisotopic (exact) mass is 334 g/mol. The molecule has 7 heteroatoms. The molecule has 122 valence electrons. The molecule has 2 heterocycles. The molecule has 0 unspecified atom stereocenters. The van der Waals surface area contributed by atoms with Crippen molar-refractivity contribution in [1.29, 1.82) is 0 Å². The number of carboxylic acid groups (broad SMARTS) is 1. The van der Waals surface area contributed by atoms with Crippen molar-refractivity contribution in [3.05, 3.63) is 33.8 Å². The summed E-state index contributed by atoms with van der Waals surface area (Å²) in [6, 6.07) is 4.03. The van der Waals surface area contributed by atoms with E-state index in [-0.39, 0.29) is 0 Å². The Bertz CT molecular complexity index is 762. The van der Waals surface area contributed by atoms with E-state index in [0.29, 0.717) is 10.8 Å². The molecule has 0 atom stereocenters. The van der Waals surface area contributed by atoms with Crippen molar-refractivity contribution in [1.82, 2.24) is 9.78 Å². The standard InChI is InChI=1S/C16H19ClN4O2/c1-9-7-10(2)13(12(17)8-9)21-6-4-5-11-14(18-16(22)23)20(3)19-15(11)21/h7-8,18H,4-6H2,1-3H3,(H,22,23). The Balaban J connectivity index is 2.12. The fourth-order valence-corrected chi connectivity index (χ4v) is 3.67. The molecule has 0 radical (unpaired) electrons. The van der Waals surface area contributed by atoms with E-state index in [1.807, 2.05) is 19.9 Å². The highest BCUT2D eigenvalue weighted by atomic mass is 35.5. The molecule has 6 nitrogen and oxygen atoms in total. The van der Waals surface area contributed by atoms with Gasteiger partial charge in [-0.05, 0) is 43.9 Å². The van der Waals surface area contributed by atoms with Gasteiger partial charge < -0.3 is 10.0 Å². The Kier molecular flexibility index (Phi) is 3.93. The van der Waals surface area contributed by atoms with Gasteiger partial charge in [0.15, 0.2) is 5.82 Å². The quantitative estimate of drug-likeness (QED) is 0.874. The molecular weight excluding hydrogens is 316 g/mol. The van der Waals surface area contributed by atoms with Gasteiger partial charge >= 0.3 is 6.09 Å². The van der Waals surface area contributed by atoms with Crippen LogP contribution in [0.3, 0.4) is 0 Å². The van der Waals surface area contributed by atoms with Crippen LogP contribution in [0.5, 0.6) is 0 Å². The van der Waals surface area contributed by atoms with Crippen LogP contribution in [0.25, 0.3) is 0 Å². The largest absolute Gasteiger partial charge is 0.465 e. The minimum absolute atomic E-state index is 0.526. The normalized spacial score (nSPS) is 13.8. The minimum atomic E-state index is -1.09. The molecule has 0 saturated heterocycles. The summed E-state index contributed by atoms with van der Waals surface area (Å²) in [4.78, 5) is 13.1. The molecule has 1 aromatic heterocycles. The minimum Gasteiger partial charge on any atom is -0.465 e. The SMILES string of the molecule is Cc1cc(C)c(N2CCCc3c2nn(C)c3NC(=O)O)c(Cl)c1. The zero-order chi connectivity index (χ0) is 16.7. The Morgan fingerprint density at radius 3 is 2.78 bits per heavy atom. The molecule has 1 aliphatic heterocycles. The van der Waals surface area contributed by atoms with Crippen LogP contribution in [0.1, 0.15) is 23.1 Å². The molecule has 23 heavy (non-hydrogen) atoms. The number of halogens is 1. The van der Waals surface area contributed by atoms with Crippen molar-refractivity contribution >= 4 is 35.0 Å². The number of hydrogen-bond donors (Lipinski definition) is 2. The smallest absolute Gasteiger partial charge is 0.410 e. The number of carbonyl (C=O) groups is 1. The van der Waals surface area contributed by atoms with Crippen LogP contribution < -0.4 is 10.2 Å². The van der Waals surface area contributed by atoms with Gasteiger partial charge in [0.25, 0.3) is 0 Å². The molecule has 0 aliphatic carbocycles. The highest BCUT2D eigenvalue weighted by Crippen LogP contribution is 2.41. The average molecular weight is 335 g/mol. The van der Waals surface area contributed by atoms with Gasteiger partial charge in [-0.25, -0.2) is 4.79 Å². The number of nitrogens with one attached hydrogen (secondary N) is 1. The fraction of sp³-hybridized carbons (Fsp3) is 0.375. The predicted molar refractivity (Wildman–Crippen MR) is 91.1 cm³/mol. The maximum Gasteiger partial charge on any atom is 0.410 e. The van der Waals surface area contributed by atoms with Crippen molar-refractivity contribution in [2.45, 2.75) is 26.7 Å². The first-order valence-corrected chi connectivity index (χ1v) is 7.86. The first kappa shape index (κ1) is 15.7. The Hall–Kier alpha value is -2.21. The van der Waals surface area contributed by atoms with Gasteiger partial charge in [0.05, 0.1) is 10.7 Å². The van der Waals surface area contributed by atoms with E-state index in [0.717, 1.165) is 47.6 Å². The summed E-state index contributed by atoms with van der Waals surface area (Å²) in [5.41, 5.74) is 4.05. The highest BCUT2D eigenvalue weighted by molar-refractivity contribution is 6.33. The van der Waals surface area contributed by atoms with Crippen LogP contribution in [0.4, 0.5) is 22.1 Å². The van der Waals surface area contributed by atoms with Crippen molar-refractivity contribution < 1.29 is 9.90 Å². The van der Waals surface area contributed by atoms with E-state index < -0.39 is 6.09 Å². The van der Waals surface area contributed by atoms with E-state index in [1.165, 1.54) is 0 Å². The van der Waals surface area contributed by atoms with Crippen molar-refractivity contribution in [2.75, 3.05) is 16.8 Å². The van der Waals surface area contributed by atoms with Gasteiger partial charge in [0.2, 0.25) is 0 Å². The third kappa shape index (κ3) is 2.74. The van der Waals surface area contributed by atoms with E-state index >= 15 is 0 Å². The summed E-state index contributed by atoms with van der Waals surface area (Å²) in [6.07, 6.45) is 0.617. The number of aromatic nitrogens is 2. The number of aryl methyl sites for hydroxylation is 3. The van der Waals surface area contributed by atoms with E-state index in [1.54, 1.807) is 11.7 Å². The Labute approximate surface area is 139 Å². The topological polar surface area (TPSA) is 70.4 Å². The van der Waals surface area contributed by atoms with Crippen molar-refractivity contribution in [2.24, 2.45) is 7.05 Å². The third-order valence-corrected chi connectivity index (χ3v) is 4.37. The zero-order valence-electron chi connectivity index (χ0n) is 13.4.